The number of carbonyl (C=O) groups is 1. The molecule has 1 aromatic carbocycles. The molecule has 1 N–H and O–H groups in total. The minimum atomic E-state index is -0.161. The van der Waals surface area contributed by atoms with Crippen molar-refractivity contribution >= 4 is 5.78 Å². The number of ketones is 1. The highest BCUT2D eigenvalue weighted by molar-refractivity contribution is 5.99. The number of rotatable bonds is 9. The summed E-state index contributed by atoms with van der Waals surface area (Å²) in [6.07, 6.45) is 1.07. The summed E-state index contributed by atoms with van der Waals surface area (Å²) in [6.45, 7) is 13.3. The highest BCUT2D eigenvalue weighted by Gasteiger charge is 2.14. The first-order valence-electron chi connectivity index (χ1n) is 7.55. The first-order chi connectivity index (χ1) is 9.90. The summed E-state index contributed by atoms with van der Waals surface area (Å²) in [4.78, 5) is 12.3. The summed E-state index contributed by atoms with van der Waals surface area (Å²) in [7, 11) is 0. The van der Waals surface area contributed by atoms with Crippen molar-refractivity contribution in [3.63, 3.8) is 0 Å². The van der Waals surface area contributed by atoms with E-state index in [9.17, 15) is 4.79 Å². The maximum atomic E-state index is 12.3. The summed E-state index contributed by atoms with van der Waals surface area (Å²) < 4.78 is 5.53. The van der Waals surface area contributed by atoms with Gasteiger partial charge in [-0.3, -0.25) is 4.79 Å². The van der Waals surface area contributed by atoms with Crippen molar-refractivity contribution in [1.29, 1.82) is 0 Å². The van der Waals surface area contributed by atoms with Crippen molar-refractivity contribution < 1.29 is 9.53 Å². The summed E-state index contributed by atoms with van der Waals surface area (Å²) in [5.74, 6) is 1.52. The van der Waals surface area contributed by atoms with Crippen molar-refractivity contribution in [2.45, 2.75) is 40.2 Å². The van der Waals surface area contributed by atoms with Gasteiger partial charge in [0, 0.05) is 5.56 Å². The van der Waals surface area contributed by atoms with Crippen LogP contribution in [0.5, 0.6) is 5.75 Å². The molecule has 1 unspecified atom stereocenters. The lowest BCUT2D eigenvalue weighted by Crippen LogP contribution is -2.35. The molecule has 0 amide bonds. The van der Waals surface area contributed by atoms with Gasteiger partial charge in [0.05, 0.1) is 6.04 Å². The number of hydrogen-bond acceptors (Lipinski definition) is 3. The summed E-state index contributed by atoms with van der Waals surface area (Å²) >= 11 is 0. The molecule has 3 nitrogen and oxygen atoms in total. The van der Waals surface area contributed by atoms with E-state index < -0.39 is 0 Å². The van der Waals surface area contributed by atoms with Gasteiger partial charge in [0.25, 0.3) is 0 Å². The van der Waals surface area contributed by atoms with Crippen LogP contribution >= 0.6 is 0 Å². The zero-order chi connectivity index (χ0) is 15.8. The van der Waals surface area contributed by atoms with Gasteiger partial charge in [-0.1, -0.05) is 20.4 Å². The minimum Gasteiger partial charge on any atom is -0.489 e. The molecule has 1 rings (SSSR count). The second kappa shape index (κ2) is 8.63. The quantitative estimate of drug-likeness (QED) is 0.554. The standard InChI is InChI=1S/C18H27NO2/c1-13(2)10-11-19-15(5)18(20)16-6-8-17(9-7-16)21-12-14(3)4/h6-9,13,15,19H,3,10-12H2,1-2,4-5H3. The molecule has 21 heavy (non-hydrogen) atoms. The fourth-order valence-corrected chi connectivity index (χ4v) is 1.85. The molecule has 116 valence electrons. The van der Waals surface area contributed by atoms with Crippen LogP contribution in [-0.2, 0) is 0 Å². The van der Waals surface area contributed by atoms with Gasteiger partial charge in [-0.2, -0.15) is 0 Å². The van der Waals surface area contributed by atoms with E-state index in [-0.39, 0.29) is 11.8 Å². The average molecular weight is 289 g/mol. The van der Waals surface area contributed by atoms with Gasteiger partial charge in [0.2, 0.25) is 0 Å². The molecule has 0 aliphatic carbocycles. The monoisotopic (exact) mass is 289 g/mol. The van der Waals surface area contributed by atoms with E-state index in [1.54, 1.807) is 0 Å². The number of hydrogen-bond donors (Lipinski definition) is 1. The Labute approximate surface area is 128 Å². The SMILES string of the molecule is C=C(C)COc1ccc(C(=O)C(C)NCCC(C)C)cc1. The molecule has 3 heteroatoms. The lowest BCUT2D eigenvalue weighted by molar-refractivity contribution is 0.0950. The van der Waals surface area contributed by atoms with E-state index in [1.807, 2.05) is 38.1 Å². The zero-order valence-electron chi connectivity index (χ0n) is 13.6. The first-order valence-corrected chi connectivity index (χ1v) is 7.55. The van der Waals surface area contributed by atoms with Gasteiger partial charge in [0.15, 0.2) is 5.78 Å². The Morgan fingerprint density at radius 1 is 1.24 bits per heavy atom. The number of carbonyl (C=O) groups excluding carboxylic acids is 1. The highest BCUT2D eigenvalue weighted by atomic mass is 16.5. The van der Waals surface area contributed by atoms with Crippen molar-refractivity contribution in [2.24, 2.45) is 5.92 Å². The highest BCUT2D eigenvalue weighted by Crippen LogP contribution is 2.14. The van der Waals surface area contributed by atoms with Gasteiger partial charge in [-0.05, 0) is 62.6 Å². The molecule has 0 aromatic heterocycles. The molecule has 0 radical (unpaired) electrons. The van der Waals surface area contributed by atoms with Crippen molar-refractivity contribution in [2.75, 3.05) is 13.2 Å². The summed E-state index contributed by atoms with van der Waals surface area (Å²) in [5, 5.41) is 3.27. The fourth-order valence-electron chi connectivity index (χ4n) is 1.85. The van der Waals surface area contributed by atoms with E-state index in [4.69, 9.17) is 4.74 Å². The molecule has 0 aliphatic heterocycles. The topological polar surface area (TPSA) is 38.3 Å². The van der Waals surface area contributed by atoms with Crippen LogP contribution in [0.1, 0.15) is 44.5 Å². The first kappa shape index (κ1) is 17.4. The fraction of sp³-hybridized carbons (Fsp3) is 0.500. The molecule has 1 atom stereocenters. The number of ether oxygens (including phenoxy) is 1. The van der Waals surface area contributed by atoms with Gasteiger partial charge < -0.3 is 10.1 Å². The predicted molar refractivity (Wildman–Crippen MR) is 88.0 cm³/mol. The molecule has 0 bridgehead atoms. The van der Waals surface area contributed by atoms with Crippen LogP contribution in [0.4, 0.5) is 0 Å². The van der Waals surface area contributed by atoms with Crippen LogP contribution in [0.3, 0.4) is 0 Å². The largest absolute Gasteiger partial charge is 0.489 e. The van der Waals surface area contributed by atoms with Gasteiger partial charge in [-0.25, -0.2) is 0 Å². The Morgan fingerprint density at radius 2 is 1.86 bits per heavy atom. The Balaban J connectivity index is 2.52. The van der Waals surface area contributed by atoms with Crippen LogP contribution in [0.25, 0.3) is 0 Å². The lowest BCUT2D eigenvalue weighted by atomic mass is 10.0. The second-order valence-electron chi connectivity index (χ2n) is 5.99. The van der Waals surface area contributed by atoms with E-state index in [0.29, 0.717) is 18.1 Å². The van der Waals surface area contributed by atoms with Crippen LogP contribution in [0.15, 0.2) is 36.4 Å². The van der Waals surface area contributed by atoms with E-state index in [2.05, 4.69) is 25.7 Å². The molecule has 0 spiro atoms. The van der Waals surface area contributed by atoms with Crippen LogP contribution < -0.4 is 10.1 Å². The van der Waals surface area contributed by atoms with Gasteiger partial charge in [-0.15, -0.1) is 0 Å². The molecule has 0 saturated carbocycles. The number of nitrogens with one attached hydrogen (secondary N) is 1. The third-order valence-electron chi connectivity index (χ3n) is 3.19. The number of Topliss-reactive ketones (excluding diaryl/α,β-unsaturated/α-hetero) is 1. The predicted octanol–water partition coefficient (Wildman–Crippen LogP) is 3.85. The Morgan fingerprint density at radius 3 is 2.38 bits per heavy atom. The summed E-state index contributed by atoms with van der Waals surface area (Å²) in [5.41, 5.74) is 1.68. The van der Waals surface area contributed by atoms with Crippen molar-refractivity contribution in [3.8, 4) is 5.75 Å². The second-order valence-corrected chi connectivity index (χ2v) is 5.99. The van der Waals surface area contributed by atoms with E-state index >= 15 is 0 Å². The van der Waals surface area contributed by atoms with Crippen molar-refractivity contribution in [1.82, 2.24) is 5.32 Å². The van der Waals surface area contributed by atoms with Crippen molar-refractivity contribution in [3.05, 3.63) is 42.0 Å². The lowest BCUT2D eigenvalue weighted by Gasteiger charge is -2.14. The van der Waals surface area contributed by atoms with E-state index in [0.717, 1.165) is 24.3 Å². The molecular formula is C18H27NO2. The Hall–Kier alpha value is -1.61. The molecule has 0 aliphatic rings. The van der Waals surface area contributed by atoms with E-state index in [1.165, 1.54) is 0 Å². The average Bonchev–Trinajstić information content (AvgIpc) is 2.44. The normalized spacial score (nSPS) is 12.2. The minimum absolute atomic E-state index is 0.116. The van der Waals surface area contributed by atoms with Crippen LogP contribution in [0.2, 0.25) is 0 Å². The zero-order valence-corrected chi connectivity index (χ0v) is 13.6. The third kappa shape index (κ3) is 6.58. The third-order valence-corrected chi connectivity index (χ3v) is 3.19. The van der Waals surface area contributed by atoms with Gasteiger partial charge >= 0.3 is 0 Å². The molecule has 1 aromatic rings. The number of benzene rings is 1. The molecule has 0 saturated heterocycles. The van der Waals surface area contributed by atoms with Gasteiger partial charge in [0.1, 0.15) is 12.4 Å². The maximum Gasteiger partial charge on any atom is 0.179 e. The molecule has 0 fully saturated rings. The molecule has 0 heterocycles. The Bertz CT molecular complexity index is 463. The van der Waals surface area contributed by atoms with Crippen LogP contribution in [0, 0.1) is 5.92 Å². The maximum absolute atomic E-state index is 12.3. The smallest absolute Gasteiger partial charge is 0.179 e. The molecular weight excluding hydrogens is 262 g/mol. The van der Waals surface area contributed by atoms with Crippen LogP contribution in [-0.4, -0.2) is 25.0 Å². The summed E-state index contributed by atoms with van der Waals surface area (Å²) in [6, 6.07) is 7.13. The Kier molecular flexibility index (Phi) is 7.17.